The van der Waals surface area contributed by atoms with E-state index in [9.17, 15) is 0 Å². The van der Waals surface area contributed by atoms with Crippen LogP contribution in [0, 0.1) is 0 Å². The van der Waals surface area contributed by atoms with Crippen LogP contribution in [0.15, 0.2) is 48.5 Å². The van der Waals surface area contributed by atoms with Crippen molar-refractivity contribution in [3.63, 3.8) is 0 Å². The van der Waals surface area contributed by atoms with E-state index in [0.29, 0.717) is 0 Å². The van der Waals surface area contributed by atoms with E-state index in [-0.39, 0.29) is 12.2 Å². The van der Waals surface area contributed by atoms with Gasteiger partial charge in [-0.3, -0.25) is 0 Å². The van der Waals surface area contributed by atoms with Gasteiger partial charge in [-0.2, -0.15) is 0 Å². The molecule has 0 radical (unpaired) electrons. The average molecular weight is 599 g/mol. The van der Waals surface area contributed by atoms with E-state index in [2.05, 4.69) is 127 Å². The fourth-order valence-electron chi connectivity index (χ4n) is 6.81. The Balaban J connectivity index is 1.57. The Morgan fingerprint density at radius 2 is 0.550 bits per heavy atom. The molecule has 3 aliphatic rings. The van der Waals surface area contributed by atoms with Crippen molar-refractivity contribution in [2.45, 2.75) is 90.8 Å². The highest BCUT2D eigenvalue weighted by Crippen LogP contribution is 2.51. The summed E-state index contributed by atoms with van der Waals surface area (Å²) in [5.74, 6) is 0. The van der Waals surface area contributed by atoms with Gasteiger partial charge in [-0.25, -0.2) is 9.78 Å². The van der Waals surface area contributed by atoms with Gasteiger partial charge in [0.15, 0.2) is 0 Å². The molecule has 0 saturated carbocycles. The van der Waals surface area contributed by atoms with Crippen LogP contribution in [0.4, 0.5) is 0 Å². The third-order valence-electron chi connectivity index (χ3n) is 8.97. The molecule has 0 N–H and O–H groups in total. The first-order chi connectivity index (χ1) is 18.3. The second-order valence-electron chi connectivity index (χ2n) is 16.4. The predicted molar refractivity (Wildman–Crippen MR) is 186 cm³/mol. The summed E-state index contributed by atoms with van der Waals surface area (Å²) in [6, 6.07) is 19.8. The van der Waals surface area contributed by atoms with Crippen LogP contribution in [0.25, 0.3) is 21.5 Å². The van der Waals surface area contributed by atoms with E-state index in [1.165, 1.54) is 43.8 Å². The van der Waals surface area contributed by atoms with Crippen molar-refractivity contribution in [1.82, 2.24) is 0 Å². The zero-order valence-corrected chi connectivity index (χ0v) is 30.6. The highest BCUT2D eigenvalue weighted by Gasteiger charge is 2.41. The minimum absolute atomic E-state index is 0.178. The summed E-state index contributed by atoms with van der Waals surface area (Å²) >= 11 is 0. The molecule has 4 aromatic carbocycles. The third kappa shape index (κ3) is 4.55. The van der Waals surface area contributed by atoms with Crippen molar-refractivity contribution in [3.05, 3.63) is 70.8 Å². The molecule has 40 heavy (non-hydrogen) atoms. The lowest BCUT2D eigenvalue weighted by Crippen LogP contribution is -2.56. The summed E-state index contributed by atoms with van der Waals surface area (Å²) < 4.78 is 0. The Morgan fingerprint density at radius 1 is 0.350 bits per heavy atom. The molecule has 210 valence electrons. The Morgan fingerprint density at radius 3 is 0.725 bits per heavy atom. The maximum atomic E-state index is 6.11. The van der Waals surface area contributed by atoms with Gasteiger partial charge in [-0.15, -0.1) is 0 Å². The fraction of sp³-hybridized carbons (Fsp3) is 0.412. The van der Waals surface area contributed by atoms with E-state index in [0.717, 1.165) is 0 Å². The minimum atomic E-state index is -1.50. The summed E-state index contributed by atoms with van der Waals surface area (Å²) in [5, 5.41) is 11.9. The van der Waals surface area contributed by atoms with Gasteiger partial charge in [0, 0.05) is 0 Å². The lowest BCUT2D eigenvalue weighted by molar-refractivity contribution is -0.360. The van der Waals surface area contributed by atoms with Gasteiger partial charge in [0.1, 0.15) is 12.2 Å². The van der Waals surface area contributed by atoms with E-state index in [1.54, 1.807) is 20.7 Å². The summed E-state index contributed by atoms with van der Waals surface area (Å²) in [7, 11) is -6.00. The molecule has 0 unspecified atom stereocenters. The van der Waals surface area contributed by atoms with E-state index in [4.69, 9.17) is 9.78 Å². The molecule has 0 aromatic heterocycles. The van der Waals surface area contributed by atoms with Crippen molar-refractivity contribution in [3.8, 4) is 0 Å². The Hall–Kier alpha value is -1.81. The van der Waals surface area contributed by atoms with Crippen molar-refractivity contribution in [1.29, 1.82) is 0 Å². The fourth-order valence-corrected chi connectivity index (χ4v) is 17.2. The van der Waals surface area contributed by atoms with Crippen LogP contribution >= 0.6 is 0 Å². The SMILES string of the molecule is C[Si](C)(C)c1cc2cc3c(cc2cc1[Si](C)(C)C)C1OOC3c2cc3cc([Si](C)(C)C)c([Si](C)(C)C)cc3cc21. The van der Waals surface area contributed by atoms with Crippen molar-refractivity contribution in [2.75, 3.05) is 0 Å². The second kappa shape index (κ2) is 8.85. The van der Waals surface area contributed by atoms with Gasteiger partial charge in [-0.1, -0.05) is 124 Å². The monoisotopic (exact) mass is 598 g/mol. The smallest absolute Gasteiger partial charge is 0.144 e. The van der Waals surface area contributed by atoms with Crippen molar-refractivity contribution >= 4 is 74.6 Å². The first kappa shape index (κ1) is 28.3. The van der Waals surface area contributed by atoms with E-state index in [1.807, 2.05) is 0 Å². The first-order valence-corrected chi connectivity index (χ1v) is 28.9. The molecule has 6 heteroatoms. The van der Waals surface area contributed by atoms with Crippen LogP contribution in [0.2, 0.25) is 78.6 Å². The van der Waals surface area contributed by atoms with Gasteiger partial charge < -0.3 is 0 Å². The number of hydrogen-bond acceptors (Lipinski definition) is 2. The van der Waals surface area contributed by atoms with Crippen molar-refractivity contribution < 1.29 is 9.78 Å². The number of hydrogen-bond donors (Lipinski definition) is 0. The molecule has 2 aliphatic heterocycles. The van der Waals surface area contributed by atoms with Crippen LogP contribution in [0.1, 0.15) is 34.5 Å². The van der Waals surface area contributed by atoms with Crippen LogP contribution < -0.4 is 20.7 Å². The Kier molecular flexibility index (Phi) is 6.26. The topological polar surface area (TPSA) is 18.5 Å². The van der Waals surface area contributed by atoms with E-state index < -0.39 is 32.3 Å². The standard InChI is InChI=1S/C34H46O2Si4/c1-37(2,3)29-17-21-13-25-26(14-22(21)18-30(29)38(4,5)6)34-28-16-24-20-32(40(10,11)12)31(39(7,8)9)19-23(24)15-27(28)33(25)35-36-34/h13-20,33-34H,1-12H3. The minimum Gasteiger partial charge on any atom is -0.223 e. The lowest BCUT2D eigenvalue weighted by Gasteiger charge is -2.39. The van der Waals surface area contributed by atoms with Crippen LogP contribution in [-0.2, 0) is 9.78 Å². The summed E-state index contributed by atoms with van der Waals surface area (Å²) in [6.45, 7) is 29.8. The number of benzene rings is 4. The zero-order valence-electron chi connectivity index (χ0n) is 26.6. The molecule has 0 atom stereocenters. The molecular formula is C34H46O2Si4. The third-order valence-corrected chi connectivity index (χ3v) is 17.6. The Labute approximate surface area is 245 Å². The van der Waals surface area contributed by atoms with Gasteiger partial charge >= 0.3 is 0 Å². The summed E-state index contributed by atoms with van der Waals surface area (Å²) in [6.07, 6.45) is -0.356. The first-order valence-electron chi connectivity index (χ1n) is 14.9. The second-order valence-corrected chi connectivity index (χ2v) is 36.6. The molecule has 2 heterocycles. The quantitative estimate of drug-likeness (QED) is 0.178. The molecule has 2 nitrogen and oxygen atoms in total. The van der Waals surface area contributed by atoms with Gasteiger partial charge in [0.25, 0.3) is 0 Å². The summed E-state index contributed by atoms with van der Waals surface area (Å²) in [5.41, 5.74) is 5.12. The molecule has 2 bridgehead atoms. The molecule has 0 spiro atoms. The maximum Gasteiger partial charge on any atom is 0.144 e. The molecule has 0 amide bonds. The normalized spacial score (nSPS) is 19.3. The van der Waals surface area contributed by atoms with Crippen LogP contribution in [0.5, 0.6) is 0 Å². The lowest BCUT2D eigenvalue weighted by atomic mass is 9.79. The Bertz CT molecular complexity index is 1450. The van der Waals surface area contributed by atoms with Crippen LogP contribution in [-0.4, -0.2) is 32.3 Å². The van der Waals surface area contributed by atoms with Crippen LogP contribution in [0.3, 0.4) is 0 Å². The highest BCUT2D eigenvalue weighted by molar-refractivity contribution is 6.99. The molecule has 1 aliphatic carbocycles. The maximum absolute atomic E-state index is 6.11. The zero-order chi connectivity index (χ0) is 29.2. The molecular weight excluding hydrogens is 553 g/mol. The van der Waals surface area contributed by atoms with E-state index >= 15 is 0 Å². The molecule has 4 aromatic rings. The highest BCUT2D eigenvalue weighted by atomic mass is 28.3. The van der Waals surface area contributed by atoms with Crippen molar-refractivity contribution in [2.24, 2.45) is 0 Å². The van der Waals surface area contributed by atoms with Gasteiger partial charge in [0.2, 0.25) is 0 Å². The molecule has 0 fully saturated rings. The molecule has 0 saturated heterocycles. The van der Waals surface area contributed by atoms with Gasteiger partial charge in [-0.05, 0) is 68.1 Å². The molecule has 7 rings (SSSR count). The predicted octanol–water partition coefficient (Wildman–Crippen LogP) is 7.63. The van der Waals surface area contributed by atoms with Gasteiger partial charge in [0.05, 0.1) is 32.3 Å². The number of rotatable bonds is 4. The average Bonchev–Trinajstić information content (AvgIpc) is 2.82. The largest absolute Gasteiger partial charge is 0.223 e. The number of fused-ring (bicyclic) bond motifs is 3. The summed E-state index contributed by atoms with van der Waals surface area (Å²) in [4.78, 5) is 12.2.